The molecule has 1 heterocycles. The lowest BCUT2D eigenvalue weighted by molar-refractivity contribution is -0.111. The van der Waals surface area contributed by atoms with E-state index in [0.29, 0.717) is 19.0 Å². The quantitative estimate of drug-likeness (QED) is 0.508. The maximum atomic E-state index is 12.2. The van der Waals surface area contributed by atoms with Crippen LogP contribution in [0.5, 0.6) is 0 Å². The average molecular weight is 240 g/mol. The van der Waals surface area contributed by atoms with Crippen molar-refractivity contribution in [2.75, 3.05) is 26.7 Å². The molecular weight excluding hydrogens is 220 g/mol. The van der Waals surface area contributed by atoms with Gasteiger partial charge in [-0.1, -0.05) is 0 Å². The summed E-state index contributed by atoms with van der Waals surface area (Å²) in [6.07, 6.45) is 3.37. The number of likely N-dealkylation sites (N-methyl/N-ethyl adjacent to an activating group) is 1. The summed E-state index contributed by atoms with van der Waals surface area (Å²) in [6.45, 7) is 3.83. The molecule has 1 aliphatic carbocycles. The molecule has 0 spiro atoms. The zero-order valence-corrected chi connectivity index (χ0v) is 10.5. The van der Waals surface area contributed by atoms with E-state index in [1.165, 1.54) is 12.8 Å². The predicted octanol–water partition coefficient (Wildman–Crippen LogP) is 0.736. The lowest BCUT2D eigenvalue weighted by Gasteiger charge is -2.30. The summed E-state index contributed by atoms with van der Waals surface area (Å²) in [4.78, 5) is 26.4. The van der Waals surface area contributed by atoms with Crippen LogP contribution in [0.3, 0.4) is 0 Å². The highest BCUT2D eigenvalue weighted by atomic mass is 16.6. The van der Waals surface area contributed by atoms with Crippen LogP contribution in [0.2, 0.25) is 0 Å². The van der Waals surface area contributed by atoms with Gasteiger partial charge in [0.1, 0.15) is 6.29 Å². The first-order chi connectivity index (χ1) is 8.11. The fraction of sp³-hybridized carbons (Fsp3) is 0.833. The number of hydrogen-bond donors (Lipinski definition) is 0. The second-order valence-corrected chi connectivity index (χ2v) is 5.09. The van der Waals surface area contributed by atoms with Crippen molar-refractivity contribution in [3.8, 4) is 0 Å². The van der Waals surface area contributed by atoms with E-state index in [4.69, 9.17) is 4.74 Å². The second-order valence-electron chi connectivity index (χ2n) is 5.09. The smallest absolute Gasteiger partial charge is 0.320 e. The molecule has 2 amide bonds. The molecule has 2 atom stereocenters. The summed E-state index contributed by atoms with van der Waals surface area (Å²) in [5, 5.41) is 0. The largest absolute Gasteiger partial charge is 0.371 e. The van der Waals surface area contributed by atoms with Crippen LogP contribution in [0, 0.1) is 5.92 Å². The van der Waals surface area contributed by atoms with Crippen molar-refractivity contribution >= 4 is 12.3 Å². The SMILES string of the molecule is CC(C=O)N(CC1CC1)C(=O)N(C)CC1CO1. The molecule has 1 saturated carbocycles. The van der Waals surface area contributed by atoms with Crippen molar-refractivity contribution in [1.82, 2.24) is 9.80 Å². The zero-order valence-electron chi connectivity index (χ0n) is 10.5. The van der Waals surface area contributed by atoms with E-state index >= 15 is 0 Å². The van der Waals surface area contributed by atoms with Gasteiger partial charge >= 0.3 is 6.03 Å². The first-order valence-corrected chi connectivity index (χ1v) is 6.20. The molecule has 0 aromatic heterocycles. The Labute approximate surface area is 102 Å². The van der Waals surface area contributed by atoms with Crippen molar-refractivity contribution in [2.45, 2.75) is 31.9 Å². The number of carbonyl (C=O) groups is 2. The Morgan fingerprint density at radius 1 is 1.47 bits per heavy atom. The molecular formula is C12H20N2O3. The van der Waals surface area contributed by atoms with Gasteiger partial charge in [-0.3, -0.25) is 0 Å². The molecule has 1 aliphatic heterocycles. The van der Waals surface area contributed by atoms with E-state index < -0.39 is 0 Å². The first kappa shape index (κ1) is 12.4. The number of amides is 2. The van der Waals surface area contributed by atoms with Crippen LogP contribution in [0.1, 0.15) is 19.8 Å². The molecule has 0 aromatic carbocycles. The van der Waals surface area contributed by atoms with Gasteiger partial charge in [0.15, 0.2) is 0 Å². The van der Waals surface area contributed by atoms with Gasteiger partial charge in [-0.05, 0) is 25.7 Å². The minimum absolute atomic E-state index is 0.0630. The summed E-state index contributed by atoms with van der Waals surface area (Å²) in [5.41, 5.74) is 0. The third kappa shape index (κ3) is 3.43. The van der Waals surface area contributed by atoms with Crippen molar-refractivity contribution in [3.05, 3.63) is 0 Å². The topological polar surface area (TPSA) is 53.2 Å². The third-order valence-corrected chi connectivity index (χ3v) is 3.29. The first-order valence-electron chi connectivity index (χ1n) is 6.20. The van der Waals surface area contributed by atoms with Gasteiger partial charge in [-0.2, -0.15) is 0 Å². The van der Waals surface area contributed by atoms with E-state index in [1.807, 2.05) is 0 Å². The molecule has 1 saturated heterocycles. The Kier molecular flexibility index (Phi) is 3.66. The highest BCUT2D eigenvalue weighted by Crippen LogP contribution is 2.30. The Morgan fingerprint density at radius 2 is 2.12 bits per heavy atom. The van der Waals surface area contributed by atoms with E-state index in [2.05, 4.69) is 0 Å². The molecule has 2 aliphatic rings. The van der Waals surface area contributed by atoms with Crippen LogP contribution in [0.4, 0.5) is 4.79 Å². The number of carbonyl (C=O) groups excluding carboxylic acids is 2. The maximum Gasteiger partial charge on any atom is 0.320 e. The summed E-state index contributed by atoms with van der Waals surface area (Å²) in [6, 6.07) is -0.405. The van der Waals surface area contributed by atoms with Crippen LogP contribution in [-0.2, 0) is 9.53 Å². The van der Waals surface area contributed by atoms with Gasteiger partial charge in [0.2, 0.25) is 0 Å². The zero-order chi connectivity index (χ0) is 12.4. The molecule has 0 aromatic rings. The van der Waals surface area contributed by atoms with Gasteiger partial charge < -0.3 is 19.3 Å². The van der Waals surface area contributed by atoms with Gasteiger partial charge in [0, 0.05) is 13.6 Å². The minimum Gasteiger partial charge on any atom is -0.371 e. The van der Waals surface area contributed by atoms with E-state index in [1.54, 1.807) is 23.8 Å². The third-order valence-electron chi connectivity index (χ3n) is 3.29. The van der Waals surface area contributed by atoms with Gasteiger partial charge in [-0.25, -0.2) is 4.79 Å². The predicted molar refractivity (Wildman–Crippen MR) is 62.7 cm³/mol. The highest BCUT2D eigenvalue weighted by molar-refractivity contribution is 5.78. The Hall–Kier alpha value is -1.10. The van der Waals surface area contributed by atoms with Crippen molar-refractivity contribution in [3.63, 3.8) is 0 Å². The number of urea groups is 1. The molecule has 0 N–H and O–H groups in total. The van der Waals surface area contributed by atoms with Crippen LogP contribution in [0.25, 0.3) is 0 Å². The molecule has 2 unspecified atom stereocenters. The standard InChI is InChI=1S/C12H20N2O3/c1-9(7-15)14(5-10-3-4-10)12(16)13(2)6-11-8-17-11/h7,9-11H,3-6,8H2,1-2H3. The molecule has 96 valence electrons. The summed E-state index contributed by atoms with van der Waals surface area (Å²) < 4.78 is 5.11. The summed E-state index contributed by atoms with van der Waals surface area (Å²) in [7, 11) is 1.77. The minimum atomic E-state index is -0.342. The van der Waals surface area contributed by atoms with Gasteiger partial charge in [0.05, 0.1) is 25.3 Å². The number of ether oxygens (including phenoxy) is 1. The maximum absolute atomic E-state index is 12.2. The van der Waals surface area contributed by atoms with E-state index in [9.17, 15) is 9.59 Å². The van der Waals surface area contributed by atoms with Crippen LogP contribution < -0.4 is 0 Å². The monoisotopic (exact) mass is 240 g/mol. The number of rotatable bonds is 6. The molecule has 17 heavy (non-hydrogen) atoms. The summed E-state index contributed by atoms with van der Waals surface area (Å²) >= 11 is 0. The fourth-order valence-electron chi connectivity index (χ4n) is 1.85. The van der Waals surface area contributed by atoms with Crippen LogP contribution in [-0.4, -0.2) is 61.0 Å². The molecule has 5 heteroatoms. The molecule has 0 radical (unpaired) electrons. The van der Waals surface area contributed by atoms with Crippen molar-refractivity contribution < 1.29 is 14.3 Å². The molecule has 5 nitrogen and oxygen atoms in total. The highest BCUT2D eigenvalue weighted by Gasteiger charge is 2.33. The van der Waals surface area contributed by atoms with E-state index in [0.717, 1.165) is 12.9 Å². The van der Waals surface area contributed by atoms with E-state index in [-0.39, 0.29) is 18.2 Å². The fourth-order valence-corrected chi connectivity index (χ4v) is 1.85. The number of epoxide rings is 1. The molecule has 2 rings (SSSR count). The number of nitrogens with zero attached hydrogens (tertiary/aromatic N) is 2. The lowest BCUT2D eigenvalue weighted by Crippen LogP contribution is -2.48. The average Bonchev–Trinajstić information content (AvgIpc) is 3.18. The lowest BCUT2D eigenvalue weighted by atomic mass is 10.2. The second kappa shape index (κ2) is 5.04. The molecule has 0 bridgehead atoms. The molecule has 2 fully saturated rings. The van der Waals surface area contributed by atoms with Crippen molar-refractivity contribution in [1.29, 1.82) is 0 Å². The summed E-state index contributed by atoms with van der Waals surface area (Å²) in [5.74, 6) is 0.590. The van der Waals surface area contributed by atoms with Gasteiger partial charge in [-0.15, -0.1) is 0 Å². The Bertz CT molecular complexity index is 300. The Morgan fingerprint density at radius 3 is 2.59 bits per heavy atom. The van der Waals surface area contributed by atoms with Crippen LogP contribution >= 0.6 is 0 Å². The van der Waals surface area contributed by atoms with Crippen LogP contribution in [0.15, 0.2) is 0 Å². The van der Waals surface area contributed by atoms with Crippen molar-refractivity contribution in [2.24, 2.45) is 5.92 Å². The normalized spacial score (nSPS) is 24.0. The number of aldehydes is 1. The van der Waals surface area contributed by atoms with Gasteiger partial charge in [0.25, 0.3) is 0 Å². The Balaban J connectivity index is 1.91. The number of hydrogen-bond acceptors (Lipinski definition) is 3.